The molecule has 1 aromatic carbocycles. The van der Waals surface area contributed by atoms with E-state index in [9.17, 15) is 9.59 Å². The Morgan fingerprint density at radius 1 is 1.00 bits per heavy atom. The van der Waals surface area contributed by atoms with Crippen LogP contribution in [0.5, 0.6) is 0 Å². The van der Waals surface area contributed by atoms with Crippen LogP contribution in [0.3, 0.4) is 0 Å². The lowest BCUT2D eigenvalue weighted by Gasteiger charge is -2.20. The molecule has 1 aliphatic heterocycles. The lowest BCUT2D eigenvalue weighted by atomic mass is 9.87. The largest absolute Gasteiger partial charge is 0.318 e. The molecule has 1 saturated heterocycles. The molecule has 1 fully saturated rings. The van der Waals surface area contributed by atoms with Crippen molar-refractivity contribution in [3.8, 4) is 5.69 Å². The SMILES string of the molecule is Cc1cc(C=C2C(=O)NC(=S)NC2=O)c(C)n1-c1ccc(C(C)(C)C)cc1. The van der Waals surface area contributed by atoms with Gasteiger partial charge >= 0.3 is 0 Å². The van der Waals surface area contributed by atoms with Crippen molar-refractivity contribution in [1.82, 2.24) is 15.2 Å². The van der Waals surface area contributed by atoms with Crippen LogP contribution in [0, 0.1) is 13.8 Å². The van der Waals surface area contributed by atoms with E-state index in [1.165, 1.54) is 5.56 Å². The van der Waals surface area contributed by atoms with Crippen LogP contribution in [0.2, 0.25) is 0 Å². The Morgan fingerprint density at radius 2 is 1.56 bits per heavy atom. The Labute approximate surface area is 164 Å². The molecule has 0 bridgehead atoms. The Balaban J connectivity index is 2.01. The molecule has 2 N–H and O–H groups in total. The number of hydrogen-bond acceptors (Lipinski definition) is 3. The zero-order valence-corrected chi connectivity index (χ0v) is 17.0. The third kappa shape index (κ3) is 3.71. The monoisotopic (exact) mass is 381 g/mol. The number of amides is 2. The number of nitrogens with one attached hydrogen (secondary N) is 2. The van der Waals surface area contributed by atoms with Gasteiger partial charge in [0.05, 0.1) is 0 Å². The predicted molar refractivity (Wildman–Crippen MR) is 111 cm³/mol. The van der Waals surface area contributed by atoms with Crippen LogP contribution in [0.15, 0.2) is 35.9 Å². The van der Waals surface area contributed by atoms with Gasteiger partial charge in [-0.25, -0.2) is 0 Å². The minimum absolute atomic E-state index is 0.0339. The van der Waals surface area contributed by atoms with Crippen molar-refractivity contribution in [2.24, 2.45) is 0 Å². The predicted octanol–water partition coefficient (Wildman–Crippen LogP) is 3.31. The number of rotatable bonds is 2. The Morgan fingerprint density at radius 3 is 2.07 bits per heavy atom. The number of thiocarbonyl (C=S) groups is 1. The highest BCUT2D eigenvalue weighted by atomic mass is 32.1. The molecule has 0 saturated carbocycles. The average molecular weight is 382 g/mol. The van der Waals surface area contributed by atoms with E-state index in [1.54, 1.807) is 6.08 Å². The van der Waals surface area contributed by atoms with Crippen molar-refractivity contribution in [2.45, 2.75) is 40.0 Å². The summed E-state index contributed by atoms with van der Waals surface area (Å²) >= 11 is 4.83. The van der Waals surface area contributed by atoms with E-state index >= 15 is 0 Å². The van der Waals surface area contributed by atoms with Crippen LogP contribution < -0.4 is 10.6 Å². The number of benzene rings is 1. The molecule has 0 atom stereocenters. The van der Waals surface area contributed by atoms with Crippen molar-refractivity contribution in [1.29, 1.82) is 0 Å². The van der Waals surface area contributed by atoms with Gasteiger partial charge in [-0.15, -0.1) is 0 Å². The van der Waals surface area contributed by atoms with Crippen molar-refractivity contribution >= 4 is 35.2 Å². The van der Waals surface area contributed by atoms with Gasteiger partial charge in [0.15, 0.2) is 5.11 Å². The number of nitrogens with zero attached hydrogens (tertiary/aromatic N) is 1. The maximum atomic E-state index is 12.1. The number of aromatic nitrogens is 1. The molecule has 0 unspecified atom stereocenters. The zero-order chi connectivity index (χ0) is 19.9. The van der Waals surface area contributed by atoms with Crippen molar-refractivity contribution < 1.29 is 9.59 Å². The summed E-state index contributed by atoms with van der Waals surface area (Å²) in [5.41, 5.74) is 5.25. The Bertz CT molecular complexity index is 954. The summed E-state index contributed by atoms with van der Waals surface area (Å²) in [7, 11) is 0. The first-order valence-corrected chi connectivity index (χ1v) is 9.17. The molecule has 27 heavy (non-hydrogen) atoms. The average Bonchev–Trinajstić information content (AvgIpc) is 2.84. The fraction of sp³-hybridized carbons (Fsp3) is 0.286. The zero-order valence-electron chi connectivity index (χ0n) is 16.1. The minimum atomic E-state index is -0.483. The fourth-order valence-corrected chi connectivity index (χ4v) is 3.39. The highest BCUT2D eigenvalue weighted by Crippen LogP contribution is 2.26. The first kappa shape index (κ1) is 19.0. The van der Waals surface area contributed by atoms with E-state index < -0.39 is 11.8 Å². The highest BCUT2D eigenvalue weighted by molar-refractivity contribution is 7.80. The summed E-state index contributed by atoms with van der Waals surface area (Å²) in [5, 5.41) is 4.95. The molecular formula is C21H23N3O2S. The van der Waals surface area contributed by atoms with E-state index in [0.717, 1.165) is 22.6 Å². The third-order valence-corrected chi connectivity index (χ3v) is 4.91. The van der Waals surface area contributed by atoms with Crippen molar-refractivity contribution in [2.75, 3.05) is 0 Å². The highest BCUT2D eigenvalue weighted by Gasteiger charge is 2.26. The second-order valence-corrected chi connectivity index (χ2v) is 8.16. The second kappa shape index (κ2) is 6.78. The van der Waals surface area contributed by atoms with Crippen LogP contribution in [0.25, 0.3) is 11.8 Å². The summed E-state index contributed by atoms with van der Waals surface area (Å²) in [6.45, 7) is 10.5. The maximum Gasteiger partial charge on any atom is 0.263 e. The number of carbonyl (C=O) groups excluding carboxylic acids is 2. The summed E-state index contributed by atoms with van der Waals surface area (Å²) in [6.07, 6.45) is 1.61. The first-order chi connectivity index (χ1) is 12.6. The van der Waals surface area contributed by atoms with E-state index in [0.29, 0.717) is 0 Å². The van der Waals surface area contributed by atoms with Crippen molar-refractivity contribution in [3.05, 3.63) is 58.4 Å². The smallest absolute Gasteiger partial charge is 0.263 e. The molecule has 2 aromatic rings. The second-order valence-electron chi connectivity index (χ2n) is 7.75. The number of aryl methyl sites for hydroxylation is 1. The quantitative estimate of drug-likeness (QED) is 0.477. The summed E-state index contributed by atoms with van der Waals surface area (Å²) in [4.78, 5) is 24.2. The lowest BCUT2D eigenvalue weighted by Crippen LogP contribution is -2.51. The topological polar surface area (TPSA) is 63.1 Å². The minimum Gasteiger partial charge on any atom is -0.318 e. The molecule has 6 heteroatoms. The van der Waals surface area contributed by atoms with Gasteiger partial charge in [-0.3, -0.25) is 20.2 Å². The van der Waals surface area contributed by atoms with Crippen molar-refractivity contribution in [3.63, 3.8) is 0 Å². The number of carbonyl (C=O) groups is 2. The number of hydrogen-bond donors (Lipinski definition) is 2. The summed E-state index contributed by atoms with van der Waals surface area (Å²) < 4.78 is 2.11. The lowest BCUT2D eigenvalue weighted by molar-refractivity contribution is -0.123. The van der Waals surface area contributed by atoms with E-state index in [1.807, 2.05) is 19.9 Å². The van der Waals surface area contributed by atoms with Crippen LogP contribution in [-0.4, -0.2) is 21.5 Å². The molecule has 0 spiro atoms. The van der Waals surface area contributed by atoms with Gasteiger partial charge in [0.2, 0.25) is 0 Å². The van der Waals surface area contributed by atoms with E-state index in [4.69, 9.17) is 12.2 Å². The maximum absolute atomic E-state index is 12.1. The van der Waals surface area contributed by atoms with Crippen LogP contribution in [0.4, 0.5) is 0 Å². The molecule has 1 aliphatic rings. The molecule has 0 aliphatic carbocycles. The fourth-order valence-electron chi connectivity index (χ4n) is 3.20. The molecule has 2 amide bonds. The molecule has 5 nitrogen and oxygen atoms in total. The molecule has 140 valence electrons. The molecule has 2 heterocycles. The van der Waals surface area contributed by atoms with Gasteiger partial charge in [-0.2, -0.15) is 0 Å². The third-order valence-electron chi connectivity index (χ3n) is 4.71. The first-order valence-electron chi connectivity index (χ1n) is 8.76. The Hall–Kier alpha value is -2.73. The van der Waals surface area contributed by atoms with Crippen LogP contribution in [-0.2, 0) is 15.0 Å². The molecule has 3 rings (SSSR count). The normalized spacial score (nSPS) is 14.9. The van der Waals surface area contributed by atoms with E-state index in [2.05, 4.69) is 60.2 Å². The summed E-state index contributed by atoms with van der Waals surface area (Å²) in [6, 6.07) is 10.4. The molecule has 0 radical (unpaired) electrons. The molecular weight excluding hydrogens is 358 g/mol. The van der Waals surface area contributed by atoms with Gasteiger partial charge in [0.1, 0.15) is 5.57 Å². The van der Waals surface area contributed by atoms with E-state index in [-0.39, 0.29) is 16.1 Å². The summed E-state index contributed by atoms with van der Waals surface area (Å²) in [5.74, 6) is -0.967. The van der Waals surface area contributed by atoms with Gasteiger partial charge in [-0.05, 0) is 66.9 Å². The Kier molecular flexibility index (Phi) is 4.78. The van der Waals surface area contributed by atoms with Crippen LogP contribution in [0.1, 0.15) is 43.3 Å². The molecule has 1 aromatic heterocycles. The van der Waals surface area contributed by atoms with Gasteiger partial charge in [0.25, 0.3) is 11.8 Å². The standard InChI is InChI=1S/C21H23N3O2S/c1-12-10-14(11-17-18(25)22-20(27)23-19(17)26)13(2)24(12)16-8-6-15(7-9-16)21(3,4)5/h6-11H,1-5H3,(H2,22,23,25,26,27). The van der Waals surface area contributed by atoms with Gasteiger partial charge < -0.3 is 4.57 Å². The van der Waals surface area contributed by atoms with Crippen LogP contribution >= 0.6 is 12.2 Å². The van der Waals surface area contributed by atoms with Gasteiger partial charge in [0, 0.05) is 17.1 Å². The van der Waals surface area contributed by atoms with Gasteiger partial charge in [-0.1, -0.05) is 32.9 Å².